The number of rotatable bonds is 6. The monoisotopic (exact) mass is 354 g/mol. The minimum atomic E-state index is 0. The minimum absolute atomic E-state index is 0. The van der Waals surface area contributed by atoms with Crippen molar-refractivity contribution in [3.63, 3.8) is 0 Å². The Hall–Kier alpha value is -0.781. The van der Waals surface area contributed by atoms with Gasteiger partial charge in [-0.05, 0) is 0 Å². The maximum atomic E-state index is 2.35. The van der Waals surface area contributed by atoms with Crippen molar-refractivity contribution in [2.75, 3.05) is 0 Å². The molecule has 0 amide bonds. The van der Waals surface area contributed by atoms with Gasteiger partial charge in [0.15, 0.2) is 0 Å². The smallest absolute Gasteiger partial charge is 0.210 e. The summed E-state index contributed by atoms with van der Waals surface area (Å²) in [6, 6.07) is 9.24. The third-order valence-corrected chi connectivity index (χ3v) is 4.68. The van der Waals surface area contributed by atoms with Gasteiger partial charge in [-0.1, -0.05) is 80.1 Å². The second-order valence-corrected chi connectivity index (χ2v) is 5.90. The maximum absolute atomic E-state index is 2.35. The summed E-state index contributed by atoms with van der Waals surface area (Å²) in [6.07, 6.45) is 7.10. The van der Waals surface area contributed by atoms with E-state index in [1.807, 2.05) is 0 Å². The van der Waals surface area contributed by atoms with Gasteiger partial charge in [0, 0.05) is 0 Å². The zero-order chi connectivity index (χ0) is 16.5. The molecular formula is C22H34Fe. The summed E-state index contributed by atoms with van der Waals surface area (Å²) in [4.78, 5) is 0. The fourth-order valence-electron chi connectivity index (χ4n) is 3.26. The Morgan fingerprint density at radius 2 is 1.48 bits per heavy atom. The van der Waals surface area contributed by atoms with E-state index in [9.17, 15) is 0 Å². The molecule has 0 N–H and O–H groups in total. The van der Waals surface area contributed by atoms with Crippen LogP contribution in [0.5, 0.6) is 0 Å². The summed E-state index contributed by atoms with van der Waals surface area (Å²) in [5.41, 5.74) is 9.27. The molecule has 1 heteroatoms. The molecule has 0 saturated carbocycles. The van der Waals surface area contributed by atoms with E-state index in [0.29, 0.717) is 0 Å². The summed E-state index contributed by atoms with van der Waals surface area (Å²) in [7, 11) is 0. The van der Waals surface area contributed by atoms with Crippen molar-refractivity contribution in [3.8, 4) is 0 Å². The van der Waals surface area contributed by atoms with Gasteiger partial charge >= 0.3 is 17.1 Å². The molecule has 23 heavy (non-hydrogen) atoms. The molecule has 0 aliphatic rings. The first-order valence-corrected chi connectivity index (χ1v) is 9.18. The van der Waals surface area contributed by atoms with E-state index in [1.54, 1.807) is 27.8 Å². The standard InChI is InChI=1S/2C11H17.Fe/c1-4-9-7-10(5-2)11(6-3)8-9;1-4-9-7-8-10(5-2)11(9)6-3;/h2*7-8H,4-6H2,1-3H3;/q2*-1;+2. The van der Waals surface area contributed by atoms with Crippen LogP contribution in [0.15, 0.2) is 24.3 Å². The Bertz CT molecular complexity index is 495. The molecule has 130 valence electrons. The topological polar surface area (TPSA) is 0 Å². The molecule has 0 atom stereocenters. The quantitative estimate of drug-likeness (QED) is 0.429. The minimum Gasteiger partial charge on any atom is -0.210 e. The summed E-state index contributed by atoms with van der Waals surface area (Å²) in [6.45, 7) is 13.4. The normalized spacial score (nSPS) is 10.0. The number of hydrogen-bond acceptors (Lipinski definition) is 0. The summed E-state index contributed by atoms with van der Waals surface area (Å²) < 4.78 is 0. The molecule has 0 radical (unpaired) electrons. The van der Waals surface area contributed by atoms with E-state index in [4.69, 9.17) is 0 Å². The molecule has 0 aliphatic heterocycles. The van der Waals surface area contributed by atoms with E-state index in [-0.39, 0.29) is 17.1 Å². The van der Waals surface area contributed by atoms with Crippen molar-refractivity contribution >= 4 is 0 Å². The first-order valence-electron chi connectivity index (χ1n) is 9.18. The van der Waals surface area contributed by atoms with Gasteiger partial charge in [0.25, 0.3) is 0 Å². The Morgan fingerprint density at radius 3 is 1.87 bits per heavy atom. The van der Waals surface area contributed by atoms with Crippen molar-refractivity contribution in [2.45, 2.75) is 80.1 Å². The van der Waals surface area contributed by atoms with Gasteiger partial charge in [-0.3, -0.25) is 0 Å². The van der Waals surface area contributed by atoms with Gasteiger partial charge in [-0.25, -0.2) is 12.1 Å². The van der Waals surface area contributed by atoms with E-state index < -0.39 is 0 Å². The molecular weight excluding hydrogens is 320 g/mol. The molecule has 2 rings (SSSR count). The predicted molar refractivity (Wildman–Crippen MR) is 100 cm³/mol. The molecule has 2 aromatic carbocycles. The van der Waals surface area contributed by atoms with Crippen LogP contribution in [0.2, 0.25) is 0 Å². The van der Waals surface area contributed by atoms with Crippen LogP contribution in [0.4, 0.5) is 0 Å². The van der Waals surface area contributed by atoms with E-state index in [2.05, 4.69) is 65.8 Å². The largest absolute Gasteiger partial charge is 2.00 e. The van der Waals surface area contributed by atoms with Gasteiger partial charge in [-0.15, -0.1) is 0 Å². The molecule has 0 saturated heterocycles. The van der Waals surface area contributed by atoms with Gasteiger partial charge in [0.05, 0.1) is 0 Å². The van der Waals surface area contributed by atoms with Crippen LogP contribution >= 0.6 is 0 Å². The van der Waals surface area contributed by atoms with E-state index in [0.717, 1.165) is 0 Å². The molecule has 0 aliphatic carbocycles. The SMILES string of the molecule is CCc1cc(CC)c(CC)[cH-]1.CCc1cc[c-](CC)c1CC.[Fe+2]. The van der Waals surface area contributed by atoms with E-state index in [1.165, 1.54) is 44.1 Å². The van der Waals surface area contributed by atoms with Crippen LogP contribution in [0, 0.1) is 0 Å². The molecule has 0 heterocycles. The van der Waals surface area contributed by atoms with E-state index >= 15 is 0 Å². The molecule has 0 nitrogen and oxygen atoms in total. The van der Waals surface area contributed by atoms with Crippen molar-refractivity contribution in [1.82, 2.24) is 0 Å². The molecule has 0 spiro atoms. The molecule has 0 fully saturated rings. The predicted octanol–water partition coefficient (Wildman–Crippen LogP) is 6.18. The first-order chi connectivity index (χ1) is 10.6. The Balaban J connectivity index is 0.000000403. The van der Waals surface area contributed by atoms with Gasteiger partial charge in [0.1, 0.15) is 0 Å². The number of aryl methyl sites for hydroxylation is 5. The van der Waals surface area contributed by atoms with Gasteiger partial charge < -0.3 is 0 Å². The third kappa shape index (κ3) is 5.97. The Kier molecular flexibility index (Phi) is 11.3. The average molecular weight is 354 g/mol. The maximum Gasteiger partial charge on any atom is 2.00 e. The second-order valence-electron chi connectivity index (χ2n) is 5.90. The van der Waals surface area contributed by atoms with Gasteiger partial charge in [0.2, 0.25) is 0 Å². The molecule has 0 aromatic heterocycles. The second kappa shape index (κ2) is 11.7. The zero-order valence-corrected chi connectivity index (χ0v) is 17.0. The third-order valence-electron chi connectivity index (χ3n) is 4.68. The molecule has 2 aromatic rings. The van der Waals surface area contributed by atoms with Crippen LogP contribution in [-0.4, -0.2) is 0 Å². The van der Waals surface area contributed by atoms with Crippen molar-refractivity contribution in [1.29, 1.82) is 0 Å². The van der Waals surface area contributed by atoms with Crippen molar-refractivity contribution in [2.24, 2.45) is 0 Å². The van der Waals surface area contributed by atoms with Crippen LogP contribution in [0.1, 0.15) is 74.9 Å². The first kappa shape index (κ1) is 22.2. The molecule has 0 unspecified atom stereocenters. The summed E-state index contributed by atoms with van der Waals surface area (Å²) in [5, 5.41) is 0. The Morgan fingerprint density at radius 1 is 0.826 bits per heavy atom. The molecule has 0 bridgehead atoms. The summed E-state index contributed by atoms with van der Waals surface area (Å²) >= 11 is 0. The zero-order valence-electron chi connectivity index (χ0n) is 15.9. The van der Waals surface area contributed by atoms with Crippen molar-refractivity contribution in [3.05, 3.63) is 57.6 Å². The van der Waals surface area contributed by atoms with Crippen LogP contribution in [0.25, 0.3) is 0 Å². The van der Waals surface area contributed by atoms with Gasteiger partial charge in [-0.2, -0.15) is 45.5 Å². The fourth-order valence-corrected chi connectivity index (χ4v) is 3.26. The van der Waals surface area contributed by atoms with Crippen LogP contribution in [-0.2, 0) is 55.6 Å². The fraction of sp³-hybridized carbons (Fsp3) is 0.545. The van der Waals surface area contributed by atoms with Crippen molar-refractivity contribution < 1.29 is 17.1 Å². The van der Waals surface area contributed by atoms with Crippen LogP contribution < -0.4 is 0 Å². The Labute approximate surface area is 154 Å². The number of hydrogen-bond donors (Lipinski definition) is 0. The summed E-state index contributed by atoms with van der Waals surface area (Å²) in [5.74, 6) is 0. The average Bonchev–Trinajstić information content (AvgIpc) is 3.17. The van der Waals surface area contributed by atoms with Crippen LogP contribution in [0.3, 0.4) is 0 Å².